The second-order valence-corrected chi connectivity index (χ2v) is 15.2. The number of imidazole rings is 1. The molecule has 1 aromatic rings. The van der Waals surface area contributed by atoms with Crippen LogP contribution in [0, 0.1) is 0 Å². The van der Waals surface area contributed by atoms with Crippen LogP contribution in [0.25, 0.3) is 0 Å². The van der Waals surface area contributed by atoms with E-state index in [0.717, 1.165) is 45.3 Å². The highest BCUT2D eigenvalue weighted by Gasteiger charge is 2.50. The Bertz CT molecular complexity index is 965. The normalized spacial score (nSPS) is 19.4. The maximum atomic E-state index is 6.86. The molecule has 0 spiro atoms. The number of H-pyrrole nitrogens is 1. The van der Waals surface area contributed by atoms with Gasteiger partial charge in [-0.2, -0.15) is 0 Å². The Morgan fingerprint density at radius 1 is 0.600 bits per heavy atom. The van der Waals surface area contributed by atoms with Crippen molar-refractivity contribution >= 4 is 0 Å². The van der Waals surface area contributed by atoms with Gasteiger partial charge in [-0.1, -0.05) is 140 Å². The fourth-order valence-electron chi connectivity index (χ4n) is 7.49. The van der Waals surface area contributed by atoms with Crippen molar-refractivity contribution in [2.45, 2.75) is 205 Å². The first-order valence-electron chi connectivity index (χ1n) is 21.4. The third kappa shape index (κ3) is 19.6. The molecule has 0 saturated carbocycles. The van der Waals surface area contributed by atoms with Crippen molar-refractivity contribution in [1.82, 2.24) is 14.9 Å². The minimum absolute atomic E-state index is 0.201. The molecule has 3 rings (SSSR count). The Hall–Kier alpha value is -1.95. The predicted molar refractivity (Wildman–Crippen MR) is 214 cm³/mol. The van der Waals surface area contributed by atoms with Gasteiger partial charge in [0, 0.05) is 44.4 Å². The van der Waals surface area contributed by atoms with Gasteiger partial charge in [0.25, 0.3) is 0 Å². The van der Waals surface area contributed by atoms with Gasteiger partial charge in [0.1, 0.15) is 12.2 Å². The van der Waals surface area contributed by atoms with Gasteiger partial charge in [0.15, 0.2) is 5.79 Å². The van der Waals surface area contributed by atoms with Gasteiger partial charge in [-0.15, -0.1) is 0 Å². The van der Waals surface area contributed by atoms with E-state index in [1.807, 2.05) is 6.20 Å². The molecule has 0 unspecified atom stereocenters. The number of unbranched alkanes of at least 4 members (excludes halogenated alkanes) is 18. The number of hydrogen-bond acceptors (Lipinski definition) is 4. The molecule has 1 aromatic heterocycles. The summed E-state index contributed by atoms with van der Waals surface area (Å²) in [7, 11) is 0. The smallest absolute Gasteiger partial charge is 0.169 e. The number of likely N-dealkylation sites (tertiary alicyclic amines) is 1. The van der Waals surface area contributed by atoms with Gasteiger partial charge in [-0.3, -0.25) is 4.90 Å². The van der Waals surface area contributed by atoms with Crippen LogP contribution in [0.2, 0.25) is 0 Å². The van der Waals surface area contributed by atoms with Crippen LogP contribution in [-0.4, -0.2) is 46.0 Å². The van der Waals surface area contributed by atoms with Crippen molar-refractivity contribution < 1.29 is 9.47 Å². The maximum Gasteiger partial charge on any atom is 0.169 e. The van der Waals surface area contributed by atoms with Gasteiger partial charge < -0.3 is 14.5 Å². The third-order valence-electron chi connectivity index (χ3n) is 10.5. The molecule has 0 aliphatic carbocycles. The molecular formula is C45H77N3O2. The summed E-state index contributed by atoms with van der Waals surface area (Å²) < 4.78 is 13.7. The topological polar surface area (TPSA) is 50.4 Å². The number of nitrogens with one attached hydrogen (secondary N) is 1. The van der Waals surface area contributed by atoms with Crippen LogP contribution in [0.4, 0.5) is 0 Å². The molecule has 2 atom stereocenters. The molecule has 3 heterocycles. The number of allylic oxidation sites excluding steroid dienone is 8. The second-order valence-electron chi connectivity index (χ2n) is 15.2. The quantitative estimate of drug-likeness (QED) is 0.0603. The molecule has 5 heteroatoms. The Balaban J connectivity index is 1.26. The molecule has 5 nitrogen and oxygen atoms in total. The summed E-state index contributed by atoms with van der Waals surface area (Å²) >= 11 is 0. The molecule has 284 valence electrons. The highest BCUT2D eigenvalue weighted by molar-refractivity contribution is 5.00. The van der Waals surface area contributed by atoms with Crippen molar-refractivity contribution in [3.05, 3.63) is 66.8 Å². The minimum atomic E-state index is -0.361. The van der Waals surface area contributed by atoms with Crippen LogP contribution in [0.3, 0.4) is 0 Å². The zero-order valence-electron chi connectivity index (χ0n) is 32.6. The van der Waals surface area contributed by atoms with Crippen molar-refractivity contribution in [1.29, 1.82) is 0 Å². The molecule has 1 N–H and O–H groups in total. The zero-order valence-corrected chi connectivity index (χ0v) is 32.6. The highest BCUT2D eigenvalue weighted by atomic mass is 16.8. The van der Waals surface area contributed by atoms with E-state index < -0.39 is 0 Å². The van der Waals surface area contributed by atoms with Gasteiger partial charge in [0.2, 0.25) is 0 Å². The van der Waals surface area contributed by atoms with E-state index in [0.29, 0.717) is 0 Å². The Morgan fingerprint density at radius 2 is 1.02 bits per heavy atom. The van der Waals surface area contributed by atoms with Crippen molar-refractivity contribution in [2.24, 2.45) is 0 Å². The Morgan fingerprint density at radius 3 is 1.44 bits per heavy atom. The Kier molecular flexibility index (Phi) is 24.3. The summed E-state index contributed by atoms with van der Waals surface area (Å²) in [6.07, 6.45) is 55.8. The average Bonchev–Trinajstić information content (AvgIpc) is 3.84. The van der Waals surface area contributed by atoms with E-state index in [-0.39, 0.29) is 18.0 Å². The number of fused-ring (bicyclic) bond motifs is 1. The first-order chi connectivity index (χ1) is 24.7. The van der Waals surface area contributed by atoms with E-state index in [2.05, 4.69) is 77.3 Å². The van der Waals surface area contributed by atoms with Crippen LogP contribution in [0.15, 0.2) is 61.1 Å². The van der Waals surface area contributed by atoms with Gasteiger partial charge >= 0.3 is 0 Å². The van der Waals surface area contributed by atoms with Crippen LogP contribution in [0.1, 0.15) is 186 Å². The van der Waals surface area contributed by atoms with Crippen LogP contribution in [-0.2, 0) is 16.0 Å². The van der Waals surface area contributed by atoms with Crippen molar-refractivity contribution in [3.63, 3.8) is 0 Å². The van der Waals surface area contributed by atoms with Gasteiger partial charge in [-0.05, 0) is 77.0 Å². The first-order valence-corrected chi connectivity index (χ1v) is 21.4. The van der Waals surface area contributed by atoms with Gasteiger partial charge in [-0.25, -0.2) is 4.98 Å². The fraction of sp³-hybridized carbons (Fsp3) is 0.756. The molecular weight excluding hydrogens is 615 g/mol. The molecule has 2 aliphatic rings. The highest BCUT2D eigenvalue weighted by Crippen LogP contribution is 2.40. The predicted octanol–water partition coefficient (Wildman–Crippen LogP) is 13.1. The molecule has 0 bridgehead atoms. The molecule has 0 aromatic carbocycles. The summed E-state index contributed by atoms with van der Waals surface area (Å²) in [4.78, 5) is 9.89. The molecule has 2 fully saturated rings. The molecule has 0 amide bonds. The summed E-state index contributed by atoms with van der Waals surface area (Å²) in [5.41, 5.74) is 1.17. The molecule has 0 radical (unpaired) electrons. The number of aromatic amines is 1. The van der Waals surface area contributed by atoms with Crippen molar-refractivity contribution in [3.8, 4) is 0 Å². The lowest BCUT2D eigenvalue weighted by molar-refractivity contribution is -0.194. The average molecular weight is 692 g/mol. The minimum Gasteiger partial charge on any atom is -0.347 e. The molecule has 2 aliphatic heterocycles. The summed E-state index contributed by atoms with van der Waals surface area (Å²) in [6.45, 7) is 7.35. The standard InChI is InChI=1S/C45H77N3O2/c1-3-5-7-9-11-13-15-17-19-21-23-25-27-29-31-33-35-45(49-43-39-48(40-44(43)50-45)38-42-37-46-41-47-42)36-34-32-30-28-26-24-22-20-18-16-14-12-10-8-6-4-2/h11-14,17-20,37,41,43-44H,3-10,15-16,21-36,38-40H2,1-2H3,(H,46,47)/t43-,44-/m0/s1. The summed E-state index contributed by atoms with van der Waals surface area (Å²) in [6, 6.07) is 0. The van der Waals surface area contributed by atoms with E-state index in [1.54, 1.807) is 6.33 Å². The van der Waals surface area contributed by atoms with E-state index in [9.17, 15) is 0 Å². The summed E-state index contributed by atoms with van der Waals surface area (Å²) in [5, 5.41) is 0. The van der Waals surface area contributed by atoms with Crippen LogP contribution >= 0.6 is 0 Å². The van der Waals surface area contributed by atoms with Crippen LogP contribution in [0.5, 0.6) is 0 Å². The monoisotopic (exact) mass is 692 g/mol. The largest absolute Gasteiger partial charge is 0.347 e. The third-order valence-corrected chi connectivity index (χ3v) is 10.5. The first kappa shape index (κ1) is 42.5. The number of aromatic nitrogens is 2. The molecule has 50 heavy (non-hydrogen) atoms. The van der Waals surface area contributed by atoms with Crippen molar-refractivity contribution in [2.75, 3.05) is 13.1 Å². The fourth-order valence-corrected chi connectivity index (χ4v) is 7.49. The second kappa shape index (κ2) is 28.6. The SMILES string of the molecule is CCCCCC=CCC=CCCCCCCCCC1(CCCCCCCCC=CCC=CCCCCC)O[C@H]2CN(Cc3cnc[nH]3)C[C@@H]2O1. The number of ether oxygens (including phenoxy) is 2. The molecule has 2 saturated heterocycles. The van der Waals surface area contributed by atoms with E-state index >= 15 is 0 Å². The number of rotatable bonds is 32. The number of hydrogen-bond donors (Lipinski definition) is 1. The number of nitrogens with zero attached hydrogens (tertiary/aromatic N) is 2. The maximum absolute atomic E-state index is 6.86. The summed E-state index contributed by atoms with van der Waals surface area (Å²) in [5.74, 6) is -0.361. The zero-order chi connectivity index (χ0) is 35.2. The van der Waals surface area contributed by atoms with E-state index in [4.69, 9.17) is 9.47 Å². The lowest BCUT2D eigenvalue weighted by Crippen LogP contribution is -2.35. The lowest BCUT2D eigenvalue weighted by Gasteiger charge is -2.30. The Labute approximate surface area is 308 Å². The van der Waals surface area contributed by atoms with Gasteiger partial charge in [0.05, 0.1) is 6.33 Å². The van der Waals surface area contributed by atoms with Crippen LogP contribution < -0.4 is 0 Å². The lowest BCUT2D eigenvalue weighted by atomic mass is 9.98. The van der Waals surface area contributed by atoms with E-state index in [1.165, 1.54) is 147 Å².